The molecule has 2 fully saturated rings. The molecule has 0 aromatic heterocycles. The van der Waals surface area contributed by atoms with Crippen molar-refractivity contribution in [2.24, 2.45) is 5.73 Å². The molecule has 3 rings (SSSR count). The number of halogens is 1. The molecule has 5 nitrogen and oxygen atoms in total. The zero-order chi connectivity index (χ0) is 14.3. The molecule has 0 amide bonds. The fourth-order valence-electron chi connectivity index (χ4n) is 3.61. The van der Waals surface area contributed by atoms with Gasteiger partial charge in [-0.15, -0.1) is 0 Å². The van der Waals surface area contributed by atoms with Crippen LogP contribution in [0.25, 0.3) is 0 Å². The Morgan fingerprint density at radius 1 is 1.35 bits per heavy atom. The van der Waals surface area contributed by atoms with Gasteiger partial charge in [0.25, 0.3) is 5.69 Å². The summed E-state index contributed by atoms with van der Waals surface area (Å²) in [5, 5.41) is 11.6. The van der Waals surface area contributed by atoms with Gasteiger partial charge in [0.1, 0.15) is 0 Å². The summed E-state index contributed by atoms with van der Waals surface area (Å²) in [6.07, 6.45) is 4.30. The molecule has 0 saturated carbocycles. The summed E-state index contributed by atoms with van der Waals surface area (Å²) >= 11 is 5.86. The van der Waals surface area contributed by atoms with Crippen molar-refractivity contribution >= 4 is 17.3 Å². The molecule has 0 radical (unpaired) electrons. The van der Waals surface area contributed by atoms with Crippen LogP contribution in [0, 0.1) is 10.1 Å². The molecule has 0 spiro atoms. The van der Waals surface area contributed by atoms with Crippen LogP contribution in [-0.4, -0.2) is 27.9 Å². The van der Waals surface area contributed by atoms with Crippen molar-refractivity contribution in [3.63, 3.8) is 0 Å². The van der Waals surface area contributed by atoms with Crippen LogP contribution in [0.1, 0.15) is 31.2 Å². The Morgan fingerprint density at radius 3 is 2.60 bits per heavy atom. The van der Waals surface area contributed by atoms with Crippen molar-refractivity contribution in [3.8, 4) is 0 Å². The molecule has 2 atom stereocenters. The van der Waals surface area contributed by atoms with Gasteiger partial charge in [0.05, 0.1) is 4.92 Å². The van der Waals surface area contributed by atoms with Gasteiger partial charge in [0.15, 0.2) is 0 Å². The maximum atomic E-state index is 11.2. The van der Waals surface area contributed by atoms with Gasteiger partial charge in [-0.3, -0.25) is 15.0 Å². The van der Waals surface area contributed by atoms with Crippen molar-refractivity contribution in [2.45, 2.75) is 50.4 Å². The van der Waals surface area contributed by atoms with E-state index in [1.807, 2.05) is 0 Å². The minimum absolute atomic E-state index is 0.117. The lowest BCUT2D eigenvalue weighted by molar-refractivity contribution is -0.385. The van der Waals surface area contributed by atoms with Crippen molar-refractivity contribution < 1.29 is 4.92 Å². The summed E-state index contributed by atoms with van der Waals surface area (Å²) < 4.78 is 0. The third kappa shape index (κ3) is 2.53. The highest BCUT2D eigenvalue weighted by molar-refractivity contribution is 6.30. The first-order valence-electron chi connectivity index (χ1n) is 6.98. The summed E-state index contributed by atoms with van der Waals surface area (Å²) in [4.78, 5) is 13.2. The second kappa shape index (κ2) is 5.31. The van der Waals surface area contributed by atoms with E-state index in [9.17, 15) is 10.1 Å². The van der Waals surface area contributed by atoms with Crippen LogP contribution in [0.5, 0.6) is 0 Å². The van der Waals surface area contributed by atoms with E-state index < -0.39 is 0 Å². The average molecular weight is 296 g/mol. The van der Waals surface area contributed by atoms with Crippen LogP contribution >= 0.6 is 11.6 Å². The van der Waals surface area contributed by atoms with E-state index in [2.05, 4.69) is 4.90 Å². The lowest BCUT2D eigenvalue weighted by Gasteiger charge is -2.37. The zero-order valence-corrected chi connectivity index (χ0v) is 11.9. The Hall–Kier alpha value is -1.17. The molecule has 2 saturated heterocycles. The largest absolute Gasteiger partial charge is 0.328 e. The summed E-state index contributed by atoms with van der Waals surface area (Å²) in [6.45, 7) is 0.621. The SMILES string of the molecule is NC1CC2CCC(C1)N2Cc1ccc(Cl)cc1[N+](=O)[O-]. The summed E-state index contributed by atoms with van der Waals surface area (Å²) in [6, 6.07) is 6.16. The fourth-order valence-corrected chi connectivity index (χ4v) is 3.78. The number of hydrogen-bond acceptors (Lipinski definition) is 4. The second-order valence-electron chi connectivity index (χ2n) is 5.82. The minimum atomic E-state index is -0.348. The van der Waals surface area contributed by atoms with Gasteiger partial charge in [-0.1, -0.05) is 11.6 Å². The van der Waals surface area contributed by atoms with Crippen LogP contribution in [0.3, 0.4) is 0 Å². The highest BCUT2D eigenvalue weighted by atomic mass is 35.5. The highest BCUT2D eigenvalue weighted by Gasteiger charge is 2.40. The number of nitrogens with two attached hydrogens (primary N) is 1. The molecule has 2 heterocycles. The highest BCUT2D eigenvalue weighted by Crippen LogP contribution is 2.37. The van der Waals surface area contributed by atoms with Gasteiger partial charge in [-0.2, -0.15) is 0 Å². The van der Waals surface area contributed by atoms with Crippen LogP contribution in [0.4, 0.5) is 5.69 Å². The van der Waals surface area contributed by atoms with E-state index >= 15 is 0 Å². The van der Waals surface area contributed by atoms with Crippen LogP contribution < -0.4 is 5.73 Å². The number of piperidine rings is 1. The fraction of sp³-hybridized carbons (Fsp3) is 0.571. The predicted molar refractivity (Wildman–Crippen MR) is 77.7 cm³/mol. The van der Waals surface area contributed by atoms with E-state index in [0.717, 1.165) is 31.2 Å². The van der Waals surface area contributed by atoms with Crippen molar-refractivity contribution in [1.82, 2.24) is 4.90 Å². The van der Waals surface area contributed by atoms with E-state index in [-0.39, 0.29) is 16.7 Å². The smallest absolute Gasteiger partial charge is 0.275 e. The van der Waals surface area contributed by atoms with Gasteiger partial charge in [-0.05, 0) is 37.8 Å². The van der Waals surface area contributed by atoms with E-state index in [1.54, 1.807) is 12.1 Å². The van der Waals surface area contributed by atoms with E-state index in [1.165, 1.54) is 6.07 Å². The number of hydrogen-bond donors (Lipinski definition) is 1. The summed E-state index contributed by atoms with van der Waals surface area (Å²) in [5.41, 5.74) is 6.92. The molecular formula is C14H18ClN3O2. The lowest BCUT2D eigenvalue weighted by atomic mass is 9.97. The molecule has 1 aromatic carbocycles. The first-order valence-corrected chi connectivity index (χ1v) is 7.36. The molecule has 2 N–H and O–H groups in total. The normalized spacial score (nSPS) is 29.6. The number of benzene rings is 1. The number of rotatable bonds is 3. The van der Waals surface area contributed by atoms with Crippen molar-refractivity contribution in [1.29, 1.82) is 0 Å². The van der Waals surface area contributed by atoms with Gasteiger partial charge in [0, 0.05) is 41.3 Å². The quantitative estimate of drug-likeness (QED) is 0.687. The van der Waals surface area contributed by atoms with Gasteiger partial charge in [0.2, 0.25) is 0 Å². The van der Waals surface area contributed by atoms with E-state index in [0.29, 0.717) is 23.7 Å². The van der Waals surface area contributed by atoms with Gasteiger partial charge in [-0.25, -0.2) is 0 Å². The van der Waals surface area contributed by atoms with Crippen molar-refractivity contribution in [2.75, 3.05) is 0 Å². The molecule has 6 heteroatoms. The van der Waals surface area contributed by atoms with Crippen LogP contribution in [-0.2, 0) is 6.54 Å². The molecule has 2 aliphatic heterocycles. The van der Waals surface area contributed by atoms with E-state index in [4.69, 9.17) is 17.3 Å². The molecule has 0 aliphatic carbocycles. The number of nitro groups is 1. The molecular weight excluding hydrogens is 278 g/mol. The third-order valence-electron chi connectivity index (χ3n) is 4.52. The Morgan fingerprint density at radius 2 is 2.00 bits per heavy atom. The molecule has 2 bridgehead atoms. The second-order valence-corrected chi connectivity index (χ2v) is 6.26. The molecule has 2 aliphatic rings. The molecule has 1 aromatic rings. The maximum absolute atomic E-state index is 11.2. The monoisotopic (exact) mass is 295 g/mol. The molecule has 108 valence electrons. The van der Waals surface area contributed by atoms with Crippen LogP contribution in [0.15, 0.2) is 18.2 Å². The minimum Gasteiger partial charge on any atom is -0.328 e. The lowest BCUT2D eigenvalue weighted by Crippen LogP contribution is -2.46. The van der Waals surface area contributed by atoms with Crippen LogP contribution in [0.2, 0.25) is 5.02 Å². The Labute approximate surface area is 122 Å². The molecule has 20 heavy (non-hydrogen) atoms. The topological polar surface area (TPSA) is 72.4 Å². The molecule has 2 unspecified atom stereocenters. The number of fused-ring (bicyclic) bond motifs is 2. The maximum Gasteiger partial charge on any atom is 0.275 e. The number of nitro benzene ring substituents is 1. The standard InChI is InChI=1S/C14H18ClN3O2/c15-10-2-1-9(14(5-10)18(19)20)8-17-12-3-4-13(17)7-11(16)6-12/h1-2,5,11-13H,3-4,6-8,16H2. The zero-order valence-electron chi connectivity index (χ0n) is 11.2. The summed E-state index contributed by atoms with van der Waals surface area (Å²) in [7, 11) is 0. The van der Waals surface area contributed by atoms with Gasteiger partial charge >= 0.3 is 0 Å². The Kier molecular flexibility index (Phi) is 3.67. The first-order chi connectivity index (χ1) is 9.54. The number of nitrogens with zero attached hydrogens (tertiary/aromatic N) is 2. The van der Waals surface area contributed by atoms with Gasteiger partial charge < -0.3 is 5.73 Å². The Bertz CT molecular complexity index is 523. The van der Waals surface area contributed by atoms with Crippen molar-refractivity contribution in [3.05, 3.63) is 38.9 Å². The first kappa shape index (κ1) is 13.8. The third-order valence-corrected chi connectivity index (χ3v) is 4.75. The summed E-state index contributed by atoms with van der Waals surface area (Å²) in [5.74, 6) is 0. The predicted octanol–water partition coefficient (Wildman–Crippen LogP) is 2.70. The average Bonchev–Trinajstić information content (AvgIpc) is 2.63. The Balaban J connectivity index is 1.84.